The summed E-state index contributed by atoms with van der Waals surface area (Å²) in [4.78, 5) is 10.5. The highest BCUT2D eigenvalue weighted by Crippen LogP contribution is 2.21. The zero-order valence-corrected chi connectivity index (χ0v) is 9.56. The molecule has 88 valence electrons. The highest BCUT2D eigenvalue weighted by Gasteiger charge is 2.27. The van der Waals surface area contributed by atoms with E-state index in [1.54, 1.807) is 12.4 Å². The molecule has 0 spiro atoms. The summed E-state index contributed by atoms with van der Waals surface area (Å²) in [6.07, 6.45) is 4.92. The summed E-state index contributed by atoms with van der Waals surface area (Å²) in [6.45, 7) is 4.48. The largest absolute Gasteiger partial charge is 0.390 e. The van der Waals surface area contributed by atoms with Crippen molar-refractivity contribution in [2.75, 3.05) is 18.8 Å². The summed E-state index contributed by atoms with van der Waals surface area (Å²) < 4.78 is 0. The molecule has 0 radical (unpaired) electrons. The monoisotopic (exact) mass is 222 g/mol. The highest BCUT2D eigenvalue weighted by molar-refractivity contribution is 5.22. The lowest BCUT2D eigenvalue weighted by molar-refractivity contribution is -0.00759. The van der Waals surface area contributed by atoms with Gasteiger partial charge in [-0.25, -0.2) is 4.98 Å². The van der Waals surface area contributed by atoms with Crippen molar-refractivity contribution in [3.8, 4) is 0 Å². The van der Waals surface area contributed by atoms with Gasteiger partial charge in [0.2, 0.25) is 0 Å². The number of anilines is 1. The predicted molar refractivity (Wildman–Crippen MR) is 61.6 cm³/mol. The van der Waals surface area contributed by atoms with Crippen LogP contribution in [0.3, 0.4) is 0 Å². The van der Waals surface area contributed by atoms with E-state index in [-0.39, 0.29) is 0 Å². The molecule has 0 amide bonds. The van der Waals surface area contributed by atoms with Gasteiger partial charge in [-0.2, -0.15) is 0 Å². The fourth-order valence-corrected chi connectivity index (χ4v) is 1.87. The molecule has 0 saturated carbocycles. The normalized spacial score (nSPS) is 20.9. The van der Waals surface area contributed by atoms with Gasteiger partial charge in [-0.3, -0.25) is 9.88 Å². The molecule has 5 nitrogen and oxygen atoms in total. The molecule has 3 N–H and O–H groups in total. The Hall–Kier alpha value is -1.20. The Morgan fingerprint density at radius 1 is 1.38 bits per heavy atom. The molecule has 2 heterocycles. The third kappa shape index (κ3) is 2.90. The zero-order valence-electron chi connectivity index (χ0n) is 9.56. The second kappa shape index (κ2) is 4.35. The van der Waals surface area contributed by atoms with Crippen molar-refractivity contribution >= 4 is 5.82 Å². The summed E-state index contributed by atoms with van der Waals surface area (Å²) in [5, 5.41) is 9.82. The molecule has 0 aromatic carbocycles. The average molecular weight is 222 g/mol. The fourth-order valence-electron chi connectivity index (χ4n) is 1.87. The summed E-state index contributed by atoms with van der Waals surface area (Å²) in [5.41, 5.74) is 5.90. The summed E-state index contributed by atoms with van der Waals surface area (Å²) >= 11 is 0. The van der Waals surface area contributed by atoms with Crippen LogP contribution in [0, 0.1) is 0 Å². The lowest BCUT2D eigenvalue weighted by atomic mass is 9.94. The van der Waals surface area contributed by atoms with Gasteiger partial charge >= 0.3 is 0 Å². The number of aromatic nitrogens is 2. The molecule has 0 atom stereocenters. The van der Waals surface area contributed by atoms with Crippen LogP contribution in [0.2, 0.25) is 0 Å². The SMILES string of the molecule is CC1(O)CCN(Cc2cnc(N)cn2)CC1. The molecule has 1 saturated heterocycles. The van der Waals surface area contributed by atoms with E-state index in [0.717, 1.165) is 38.2 Å². The molecule has 1 aliphatic heterocycles. The molecule has 16 heavy (non-hydrogen) atoms. The molecule has 0 bridgehead atoms. The lowest BCUT2D eigenvalue weighted by Crippen LogP contribution is -2.42. The quantitative estimate of drug-likeness (QED) is 0.758. The number of hydrogen-bond acceptors (Lipinski definition) is 5. The molecule has 1 aromatic heterocycles. The van der Waals surface area contributed by atoms with Gasteiger partial charge in [-0.05, 0) is 19.8 Å². The van der Waals surface area contributed by atoms with Gasteiger partial charge in [0.15, 0.2) is 0 Å². The van der Waals surface area contributed by atoms with Crippen LogP contribution in [0.1, 0.15) is 25.5 Å². The Labute approximate surface area is 95.3 Å². The minimum Gasteiger partial charge on any atom is -0.390 e. The van der Waals surface area contributed by atoms with Gasteiger partial charge in [0.05, 0.1) is 23.7 Å². The Bertz CT molecular complexity index is 340. The van der Waals surface area contributed by atoms with Crippen LogP contribution in [0.4, 0.5) is 5.82 Å². The predicted octanol–water partition coefficient (Wildman–Crippen LogP) is 0.406. The number of nitrogen functional groups attached to an aromatic ring is 1. The first-order valence-corrected chi connectivity index (χ1v) is 5.56. The first-order valence-electron chi connectivity index (χ1n) is 5.56. The molecule has 2 rings (SSSR count). The van der Waals surface area contributed by atoms with Gasteiger partial charge in [0.1, 0.15) is 5.82 Å². The Kier molecular flexibility index (Phi) is 3.07. The highest BCUT2D eigenvalue weighted by atomic mass is 16.3. The van der Waals surface area contributed by atoms with E-state index in [0.29, 0.717) is 5.82 Å². The van der Waals surface area contributed by atoms with Gasteiger partial charge in [0, 0.05) is 19.6 Å². The molecule has 1 aromatic rings. The van der Waals surface area contributed by atoms with Crippen molar-refractivity contribution in [1.29, 1.82) is 0 Å². The van der Waals surface area contributed by atoms with Crippen LogP contribution in [-0.2, 0) is 6.54 Å². The van der Waals surface area contributed by atoms with Crippen LogP contribution >= 0.6 is 0 Å². The number of hydrogen-bond donors (Lipinski definition) is 2. The minimum absolute atomic E-state index is 0.449. The van der Waals surface area contributed by atoms with Crippen molar-refractivity contribution in [2.45, 2.75) is 31.9 Å². The van der Waals surface area contributed by atoms with E-state index in [1.165, 1.54) is 0 Å². The second-order valence-electron chi connectivity index (χ2n) is 4.71. The summed E-state index contributed by atoms with van der Waals surface area (Å²) in [5.74, 6) is 0.449. The van der Waals surface area contributed by atoms with Crippen LogP contribution in [0.5, 0.6) is 0 Å². The Morgan fingerprint density at radius 2 is 2.06 bits per heavy atom. The third-order valence-electron chi connectivity index (χ3n) is 3.04. The van der Waals surface area contributed by atoms with Crippen LogP contribution in [0.25, 0.3) is 0 Å². The molecular weight excluding hydrogens is 204 g/mol. The van der Waals surface area contributed by atoms with Gasteiger partial charge < -0.3 is 10.8 Å². The van der Waals surface area contributed by atoms with Crippen LogP contribution in [-0.4, -0.2) is 38.7 Å². The number of likely N-dealkylation sites (tertiary alicyclic amines) is 1. The summed E-state index contributed by atoms with van der Waals surface area (Å²) in [7, 11) is 0. The number of rotatable bonds is 2. The van der Waals surface area contributed by atoms with Gasteiger partial charge in [-0.1, -0.05) is 0 Å². The third-order valence-corrected chi connectivity index (χ3v) is 3.04. The van der Waals surface area contributed by atoms with Crippen LogP contribution in [0.15, 0.2) is 12.4 Å². The molecule has 1 fully saturated rings. The van der Waals surface area contributed by atoms with E-state index >= 15 is 0 Å². The second-order valence-corrected chi connectivity index (χ2v) is 4.71. The number of aliphatic hydroxyl groups is 1. The fraction of sp³-hybridized carbons (Fsp3) is 0.636. The minimum atomic E-state index is -0.497. The topological polar surface area (TPSA) is 75.3 Å². The Balaban J connectivity index is 1.89. The van der Waals surface area contributed by atoms with E-state index in [9.17, 15) is 5.11 Å². The molecular formula is C11H18N4O. The molecule has 0 unspecified atom stereocenters. The standard InChI is InChI=1S/C11H18N4O/c1-11(16)2-4-15(5-3-11)8-9-6-14-10(12)7-13-9/h6-7,16H,2-5,8H2,1H3,(H2,12,14). The zero-order chi connectivity index (χ0) is 11.6. The van der Waals surface area contributed by atoms with Crippen molar-refractivity contribution in [2.24, 2.45) is 0 Å². The van der Waals surface area contributed by atoms with Crippen LogP contribution < -0.4 is 5.73 Å². The van der Waals surface area contributed by atoms with Gasteiger partial charge in [-0.15, -0.1) is 0 Å². The van der Waals surface area contributed by atoms with E-state index in [1.807, 2.05) is 6.92 Å². The van der Waals surface area contributed by atoms with Gasteiger partial charge in [0.25, 0.3) is 0 Å². The summed E-state index contributed by atoms with van der Waals surface area (Å²) in [6, 6.07) is 0. The smallest absolute Gasteiger partial charge is 0.141 e. The molecule has 1 aliphatic rings. The Morgan fingerprint density at radius 3 is 2.62 bits per heavy atom. The van der Waals surface area contributed by atoms with Crippen molar-refractivity contribution in [3.05, 3.63) is 18.1 Å². The first-order chi connectivity index (χ1) is 7.55. The molecule has 0 aliphatic carbocycles. The maximum atomic E-state index is 9.82. The van der Waals surface area contributed by atoms with Crippen molar-refractivity contribution in [3.63, 3.8) is 0 Å². The average Bonchev–Trinajstić information content (AvgIpc) is 2.24. The number of nitrogens with zero attached hydrogens (tertiary/aromatic N) is 3. The number of piperidine rings is 1. The lowest BCUT2D eigenvalue weighted by Gasteiger charge is -2.35. The maximum Gasteiger partial charge on any atom is 0.141 e. The van der Waals surface area contributed by atoms with E-state index < -0.39 is 5.60 Å². The first kappa shape index (κ1) is 11.3. The van der Waals surface area contributed by atoms with E-state index in [4.69, 9.17) is 5.73 Å². The van der Waals surface area contributed by atoms with Crippen molar-refractivity contribution < 1.29 is 5.11 Å². The van der Waals surface area contributed by atoms with Crippen molar-refractivity contribution in [1.82, 2.24) is 14.9 Å². The maximum absolute atomic E-state index is 9.82. The number of nitrogens with two attached hydrogens (primary N) is 1. The van der Waals surface area contributed by atoms with E-state index in [2.05, 4.69) is 14.9 Å². The molecule has 5 heteroatoms.